The van der Waals surface area contributed by atoms with E-state index in [1.54, 1.807) is 0 Å². The number of likely N-dealkylation sites (N-methyl/N-ethyl adjacent to an activating group) is 1. The predicted octanol–water partition coefficient (Wildman–Crippen LogP) is 1.32. The summed E-state index contributed by atoms with van der Waals surface area (Å²) >= 11 is 0. The summed E-state index contributed by atoms with van der Waals surface area (Å²) in [6.07, 6.45) is 2.67. The highest BCUT2D eigenvalue weighted by molar-refractivity contribution is 5.82. The summed E-state index contributed by atoms with van der Waals surface area (Å²) in [4.78, 5) is 5.62. The number of aromatic nitrogens is 1. The molecule has 0 bridgehead atoms. The molecule has 2 heterocycles. The standard InChI is InChI=1S/C15H21N3O/c1-18(10-13-7-14(19)8-17-13)9-12-4-2-3-11-5-6-16-15(11)12/h2-6,13-14,16-17,19H,7-10H2,1H3/t13-,14+/m0/s1. The number of aromatic amines is 1. The van der Waals surface area contributed by atoms with Crippen molar-refractivity contribution in [3.05, 3.63) is 36.0 Å². The molecule has 102 valence electrons. The Morgan fingerprint density at radius 3 is 3.05 bits per heavy atom. The van der Waals surface area contributed by atoms with E-state index < -0.39 is 0 Å². The number of fused-ring (bicyclic) bond motifs is 1. The van der Waals surface area contributed by atoms with Crippen molar-refractivity contribution in [3.8, 4) is 0 Å². The van der Waals surface area contributed by atoms with Crippen LogP contribution in [0.5, 0.6) is 0 Å². The third kappa shape index (κ3) is 2.81. The molecule has 1 aliphatic heterocycles. The molecule has 0 amide bonds. The summed E-state index contributed by atoms with van der Waals surface area (Å²) in [7, 11) is 2.13. The van der Waals surface area contributed by atoms with E-state index in [9.17, 15) is 5.11 Å². The maximum Gasteiger partial charge on any atom is 0.0680 e. The van der Waals surface area contributed by atoms with Crippen LogP contribution in [0.25, 0.3) is 10.9 Å². The molecule has 0 saturated carbocycles. The number of β-amino-alcohol motifs (C(OH)–C–C–N with tert-alkyl or cyclic N) is 1. The fraction of sp³-hybridized carbons (Fsp3) is 0.467. The lowest BCUT2D eigenvalue weighted by Gasteiger charge is -2.21. The van der Waals surface area contributed by atoms with Crippen LogP contribution in [-0.4, -0.2) is 47.3 Å². The summed E-state index contributed by atoms with van der Waals surface area (Å²) in [5.74, 6) is 0. The van der Waals surface area contributed by atoms with Gasteiger partial charge in [0.15, 0.2) is 0 Å². The molecule has 4 heteroatoms. The highest BCUT2D eigenvalue weighted by Gasteiger charge is 2.23. The minimum absolute atomic E-state index is 0.176. The quantitative estimate of drug-likeness (QED) is 0.776. The Balaban J connectivity index is 1.65. The molecule has 1 aliphatic rings. The summed E-state index contributed by atoms with van der Waals surface area (Å²) < 4.78 is 0. The van der Waals surface area contributed by atoms with E-state index in [1.165, 1.54) is 16.5 Å². The van der Waals surface area contributed by atoms with Gasteiger partial charge >= 0.3 is 0 Å². The Bertz CT molecular complexity index is 551. The van der Waals surface area contributed by atoms with Crippen molar-refractivity contribution in [1.82, 2.24) is 15.2 Å². The van der Waals surface area contributed by atoms with Crippen LogP contribution in [0.2, 0.25) is 0 Å². The van der Waals surface area contributed by atoms with Gasteiger partial charge in [-0.05, 0) is 30.5 Å². The zero-order valence-electron chi connectivity index (χ0n) is 11.3. The third-order valence-corrected chi connectivity index (χ3v) is 3.84. The van der Waals surface area contributed by atoms with E-state index >= 15 is 0 Å². The molecule has 0 radical (unpaired) electrons. The second-order valence-electron chi connectivity index (χ2n) is 5.55. The number of benzene rings is 1. The molecule has 3 rings (SSSR count). The van der Waals surface area contributed by atoms with E-state index in [0.29, 0.717) is 6.04 Å². The zero-order valence-corrected chi connectivity index (χ0v) is 11.3. The van der Waals surface area contributed by atoms with Gasteiger partial charge in [0.1, 0.15) is 0 Å². The van der Waals surface area contributed by atoms with Gasteiger partial charge in [0.2, 0.25) is 0 Å². The van der Waals surface area contributed by atoms with Crippen molar-refractivity contribution in [2.75, 3.05) is 20.1 Å². The normalized spacial score (nSPS) is 23.5. The minimum Gasteiger partial charge on any atom is -0.392 e. The lowest BCUT2D eigenvalue weighted by molar-refractivity contribution is 0.189. The molecular formula is C15H21N3O. The van der Waals surface area contributed by atoms with Gasteiger partial charge in [-0.1, -0.05) is 18.2 Å². The van der Waals surface area contributed by atoms with Gasteiger partial charge in [-0.2, -0.15) is 0 Å². The molecule has 4 nitrogen and oxygen atoms in total. The lowest BCUT2D eigenvalue weighted by Crippen LogP contribution is -2.34. The van der Waals surface area contributed by atoms with E-state index in [1.807, 2.05) is 6.20 Å². The Hall–Kier alpha value is -1.36. The monoisotopic (exact) mass is 259 g/mol. The van der Waals surface area contributed by atoms with Crippen LogP contribution < -0.4 is 5.32 Å². The molecule has 1 aromatic carbocycles. The van der Waals surface area contributed by atoms with Crippen molar-refractivity contribution >= 4 is 10.9 Å². The number of para-hydroxylation sites is 1. The van der Waals surface area contributed by atoms with Gasteiger partial charge in [-0.25, -0.2) is 0 Å². The Morgan fingerprint density at radius 1 is 1.37 bits per heavy atom. The van der Waals surface area contributed by atoms with Crippen molar-refractivity contribution in [2.45, 2.75) is 25.1 Å². The molecule has 1 fully saturated rings. The van der Waals surface area contributed by atoms with Crippen LogP contribution in [-0.2, 0) is 6.54 Å². The predicted molar refractivity (Wildman–Crippen MR) is 77.0 cm³/mol. The summed E-state index contributed by atoms with van der Waals surface area (Å²) in [6.45, 7) is 2.62. The van der Waals surface area contributed by atoms with Crippen molar-refractivity contribution in [1.29, 1.82) is 0 Å². The fourth-order valence-corrected chi connectivity index (χ4v) is 2.95. The molecule has 1 saturated heterocycles. The minimum atomic E-state index is -0.176. The molecular weight excluding hydrogens is 238 g/mol. The molecule has 2 aromatic rings. The number of nitrogens with zero attached hydrogens (tertiary/aromatic N) is 1. The van der Waals surface area contributed by atoms with Gasteiger partial charge in [-0.3, -0.25) is 0 Å². The van der Waals surface area contributed by atoms with Crippen LogP contribution in [0, 0.1) is 0 Å². The van der Waals surface area contributed by atoms with Gasteiger partial charge in [-0.15, -0.1) is 0 Å². The fourth-order valence-electron chi connectivity index (χ4n) is 2.95. The first-order valence-corrected chi connectivity index (χ1v) is 6.87. The molecule has 0 aliphatic carbocycles. The summed E-state index contributed by atoms with van der Waals surface area (Å²) in [6, 6.07) is 8.92. The second-order valence-corrected chi connectivity index (χ2v) is 5.55. The number of rotatable bonds is 4. The summed E-state index contributed by atoms with van der Waals surface area (Å²) in [5.41, 5.74) is 2.55. The highest BCUT2D eigenvalue weighted by atomic mass is 16.3. The summed E-state index contributed by atoms with van der Waals surface area (Å²) in [5, 5.41) is 14.1. The SMILES string of the molecule is CN(Cc1cccc2cc[nH]c12)C[C@@H]1C[C@@H](O)CN1. The molecule has 0 unspecified atom stereocenters. The van der Waals surface area contributed by atoms with Crippen molar-refractivity contribution in [2.24, 2.45) is 0 Å². The molecule has 3 N–H and O–H groups in total. The van der Waals surface area contributed by atoms with E-state index in [4.69, 9.17) is 0 Å². The zero-order chi connectivity index (χ0) is 13.2. The maximum atomic E-state index is 9.53. The lowest BCUT2D eigenvalue weighted by atomic mass is 10.1. The van der Waals surface area contributed by atoms with Gasteiger partial charge in [0.05, 0.1) is 6.10 Å². The van der Waals surface area contributed by atoms with Gasteiger partial charge < -0.3 is 20.3 Å². The Morgan fingerprint density at radius 2 is 2.26 bits per heavy atom. The third-order valence-electron chi connectivity index (χ3n) is 3.84. The van der Waals surface area contributed by atoms with Crippen LogP contribution >= 0.6 is 0 Å². The average Bonchev–Trinajstić information content (AvgIpc) is 2.98. The van der Waals surface area contributed by atoms with Crippen molar-refractivity contribution < 1.29 is 5.11 Å². The van der Waals surface area contributed by atoms with Crippen LogP contribution in [0.15, 0.2) is 30.5 Å². The topological polar surface area (TPSA) is 51.3 Å². The van der Waals surface area contributed by atoms with E-state index in [2.05, 4.69) is 46.5 Å². The maximum absolute atomic E-state index is 9.53. The van der Waals surface area contributed by atoms with Crippen LogP contribution in [0.4, 0.5) is 0 Å². The number of H-pyrrole nitrogens is 1. The number of aliphatic hydroxyl groups is 1. The first-order chi connectivity index (χ1) is 9.22. The Kier molecular flexibility index (Phi) is 3.55. The first kappa shape index (κ1) is 12.7. The second kappa shape index (κ2) is 5.33. The highest BCUT2D eigenvalue weighted by Crippen LogP contribution is 2.18. The van der Waals surface area contributed by atoms with Crippen LogP contribution in [0.3, 0.4) is 0 Å². The molecule has 0 spiro atoms. The number of hydrogen-bond donors (Lipinski definition) is 3. The smallest absolute Gasteiger partial charge is 0.0680 e. The largest absolute Gasteiger partial charge is 0.392 e. The molecule has 2 atom stereocenters. The number of nitrogens with one attached hydrogen (secondary N) is 2. The van der Waals surface area contributed by atoms with Gasteiger partial charge in [0, 0.05) is 37.4 Å². The average molecular weight is 259 g/mol. The van der Waals surface area contributed by atoms with E-state index in [-0.39, 0.29) is 6.10 Å². The number of aliphatic hydroxyl groups excluding tert-OH is 1. The first-order valence-electron chi connectivity index (χ1n) is 6.87. The molecule has 19 heavy (non-hydrogen) atoms. The molecule has 1 aromatic heterocycles. The van der Waals surface area contributed by atoms with E-state index in [0.717, 1.165) is 26.1 Å². The van der Waals surface area contributed by atoms with Crippen LogP contribution in [0.1, 0.15) is 12.0 Å². The van der Waals surface area contributed by atoms with Gasteiger partial charge in [0.25, 0.3) is 0 Å². The van der Waals surface area contributed by atoms with Crippen molar-refractivity contribution in [3.63, 3.8) is 0 Å². The Labute approximate surface area is 113 Å². The number of hydrogen-bond acceptors (Lipinski definition) is 3.